The first kappa shape index (κ1) is 8.61. The molecule has 0 bridgehead atoms. The molecular formula is C8H8N4O2. The highest BCUT2D eigenvalue weighted by atomic mass is 16.5. The zero-order chi connectivity index (χ0) is 9.97. The van der Waals surface area contributed by atoms with Gasteiger partial charge in [-0.1, -0.05) is 5.16 Å². The fourth-order valence-electron chi connectivity index (χ4n) is 1.08. The summed E-state index contributed by atoms with van der Waals surface area (Å²) in [4.78, 5) is 10.9. The van der Waals surface area contributed by atoms with Crippen molar-refractivity contribution in [2.75, 3.05) is 0 Å². The Morgan fingerprint density at radius 1 is 1.50 bits per heavy atom. The van der Waals surface area contributed by atoms with E-state index >= 15 is 0 Å². The molecule has 2 aromatic rings. The maximum Gasteiger partial charge on any atom is 0.441 e. The molecule has 0 saturated carbocycles. The monoisotopic (exact) mass is 192 g/mol. The molecular weight excluding hydrogens is 184 g/mol. The molecule has 6 nitrogen and oxygen atoms in total. The molecule has 14 heavy (non-hydrogen) atoms. The van der Waals surface area contributed by atoms with Crippen molar-refractivity contribution < 1.29 is 4.52 Å². The van der Waals surface area contributed by atoms with E-state index in [9.17, 15) is 4.79 Å². The van der Waals surface area contributed by atoms with E-state index in [0.29, 0.717) is 12.2 Å². The molecule has 2 heterocycles. The van der Waals surface area contributed by atoms with Gasteiger partial charge >= 0.3 is 5.76 Å². The third-order valence-electron chi connectivity index (χ3n) is 1.90. The third kappa shape index (κ3) is 1.54. The Balaban J connectivity index is 2.28. The minimum Gasteiger partial charge on any atom is -0.296 e. The predicted molar refractivity (Wildman–Crippen MR) is 46.6 cm³/mol. The smallest absolute Gasteiger partial charge is 0.296 e. The highest BCUT2D eigenvalue weighted by Gasteiger charge is 2.06. The average molecular weight is 192 g/mol. The van der Waals surface area contributed by atoms with Crippen molar-refractivity contribution in [2.24, 2.45) is 7.05 Å². The second kappa shape index (κ2) is 3.41. The van der Waals surface area contributed by atoms with Gasteiger partial charge in [-0.3, -0.25) is 9.09 Å². The summed E-state index contributed by atoms with van der Waals surface area (Å²) >= 11 is 0. The fourth-order valence-corrected chi connectivity index (χ4v) is 1.08. The molecule has 0 unspecified atom stereocenters. The second-order valence-electron chi connectivity index (χ2n) is 2.85. The number of hydrogen-bond donors (Lipinski definition) is 0. The highest BCUT2D eigenvalue weighted by Crippen LogP contribution is 2.01. The summed E-state index contributed by atoms with van der Waals surface area (Å²) < 4.78 is 5.85. The molecule has 0 radical (unpaired) electrons. The van der Waals surface area contributed by atoms with Crippen LogP contribution >= 0.6 is 0 Å². The molecule has 72 valence electrons. The van der Waals surface area contributed by atoms with Crippen LogP contribution in [0, 0.1) is 0 Å². The van der Waals surface area contributed by atoms with Gasteiger partial charge in [0, 0.05) is 19.7 Å². The van der Waals surface area contributed by atoms with E-state index in [1.165, 1.54) is 4.57 Å². The van der Waals surface area contributed by atoms with E-state index in [0.717, 1.165) is 5.56 Å². The van der Waals surface area contributed by atoms with Gasteiger partial charge in [-0.2, -0.15) is 10.2 Å². The molecule has 0 aromatic carbocycles. The molecule has 0 spiro atoms. The van der Waals surface area contributed by atoms with Gasteiger partial charge in [0.15, 0.2) is 5.82 Å². The van der Waals surface area contributed by atoms with Gasteiger partial charge < -0.3 is 0 Å². The summed E-state index contributed by atoms with van der Waals surface area (Å²) in [6.07, 6.45) is 3.73. The SMILES string of the molecule is Cn1c(Cc2ccnnc2)noc1=O. The van der Waals surface area contributed by atoms with Crippen molar-refractivity contribution in [1.29, 1.82) is 0 Å². The van der Waals surface area contributed by atoms with Crippen molar-refractivity contribution >= 4 is 0 Å². The lowest BCUT2D eigenvalue weighted by atomic mass is 10.2. The normalized spacial score (nSPS) is 10.4. The van der Waals surface area contributed by atoms with E-state index in [4.69, 9.17) is 0 Å². The van der Waals surface area contributed by atoms with Crippen LogP contribution in [0.4, 0.5) is 0 Å². The lowest BCUT2D eigenvalue weighted by molar-refractivity contribution is 0.376. The molecule has 0 aliphatic rings. The van der Waals surface area contributed by atoms with Crippen molar-refractivity contribution in [1.82, 2.24) is 19.9 Å². The van der Waals surface area contributed by atoms with E-state index in [1.54, 1.807) is 19.4 Å². The molecule has 0 fully saturated rings. The third-order valence-corrected chi connectivity index (χ3v) is 1.90. The van der Waals surface area contributed by atoms with Gasteiger partial charge in [-0.25, -0.2) is 4.79 Å². The van der Waals surface area contributed by atoms with Gasteiger partial charge in [0.1, 0.15) is 0 Å². The topological polar surface area (TPSA) is 73.8 Å². The van der Waals surface area contributed by atoms with E-state index in [-0.39, 0.29) is 0 Å². The maximum atomic E-state index is 10.9. The summed E-state index contributed by atoms with van der Waals surface area (Å²) in [5, 5.41) is 11.0. The summed E-state index contributed by atoms with van der Waals surface area (Å²) in [6.45, 7) is 0. The van der Waals surface area contributed by atoms with E-state index in [1.807, 2.05) is 6.07 Å². The molecule has 6 heteroatoms. The number of aromatic nitrogens is 4. The number of hydrogen-bond acceptors (Lipinski definition) is 5. The van der Waals surface area contributed by atoms with Crippen LogP contribution in [0.3, 0.4) is 0 Å². The Hall–Kier alpha value is -1.98. The Morgan fingerprint density at radius 3 is 2.93 bits per heavy atom. The molecule has 0 aliphatic carbocycles. The van der Waals surface area contributed by atoms with Crippen molar-refractivity contribution in [3.63, 3.8) is 0 Å². The molecule has 0 amide bonds. The van der Waals surface area contributed by atoms with E-state index in [2.05, 4.69) is 19.9 Å². The van der Waals surface area contributed by atoms with Crippen LogP contribution < -0.4 is 5.76 Å². The largest absolute Gasteiger partial charge is 0.441 e. The van der Waals surface area contributed by atoms with Crippen molar-refractivity contribution in [2.45, 2.75) is 6.42 Å². The van der Waals surface area contributed by atoms with Crippen LogP contribution in [0.25, 0.3) is 0 Å². The Labute approximate surface area is 79.2 Å². The first-order valence-corrected chi connectivity index (χ1v) is 4.04. The van der Waals surface area contributed by atoms with Crippen LogP contribution in [-0.2, 0) is 13.5 Å². The molecule has 2 aromatic heterocycles. The first-order valence-electron chi connectivity index (χ1n) is 4.04. The molecule has 0 N–H and O–H groups in total. The quantitative estimate of drug-likeness (QED) is 0.656. The summed E-state index contributed by atoms with van der Waals surface area (Å²) in [5.41, 5.74) is 0.934. The van der Waals surface area contributed by atoms with Crippen LogP contribution in [0.15, 0.2) is 27.8 Å². The van der Waals surface area contributed by atoms with Crippen molar-refractivity contribution in [3.05, 3.63) is 40.4 Å². The van der Waals surface area contributed by atoms with Crippen LogP contribution in [0.1, 0.15) is 11.4 Å². The summed E-state index contributed by atoms with van der Waals surface area (Å²) in [6, 6.07) is 1.81. The fraction of sp³-hybridized carbons (Fsp3) is 0.250. The van der Waals surface area contributed by atoms with Crippen LogP contribution in [-0.4, -0.2) is 19.9 Å². The lowest BCUT2D eigenvalue weighted by Gasteiger charge is -1.96. The average Bonchev–Trinajstić information content (AvgIpc) is 2.52. The zero-order valence-electron chi connectivity index (χ0n) is 7.54. The van der Waals surface area contributed by atoms with Gasteiger partial charge in [0.2, 0.25) is 0 Å². The highest BCUT2D eigenvalue weighted by molar-refractivity contribution is 5.11. The van der Waals surface area contributed by atoms with Gasteiger partial charge in [-0.05, 0) is 11.6 Å². The summed E-state index contributed by atoms with van der Waals surface area (Å²) in [7, 11) is 1.61. The minimum atomic E-state index is -0.456. The molecule has 0 atom stereocenters. The van der Waals surface area contributed by atoms with Gasteiger partial charge in [0.05, 0.1) is 6.20 Å². The van der Waals surface area contributed by atoms with E-state index < -0.39 is 5.76 Å². The zero-order valence-corrected chi connectivity index (χ0v) is 7.54. The maximum absolute atomic E-state index is 10.9. The van der Waals surface area contributed by atoms with Gasteiger partial charge in [-0.15, -0.1) is 0 Å². The van der Waals surface area contributed by atoms with Crippen LogP contribution in [0.5, 0.6) is 0 Å². The number of nitrogens with zero attached hydrogens (tertiary/aromatic N) is 4. The van der Waals surface area contributed by atoms with Crippen LogP contribution in [0.2, 0.25) is 0 Å². The Morgan fingerprint density at radius 2 is 2.36 bits per heavy atom. The first-order chi connectivity index (χ1) is 6.77. The van der Waals surface area contributed by atoms with Crippen molar-refractivity contribution in [3.8, 4) is 0 Å². The second-order valence-corrected chi connectivity index (χ2v) is 2.85. The molecule has 0 aliphatic heterocycles. The molecule has 0 saturated heterocycles. The lowest BCUT2D eigenvalue weighted by Crippen LogP contribution is -2.12. The Bertz CT molecular complexity index is 474. The molecule has 2 rings (SSSR count). The Kier molecular flexibility index (Phi) is 2.10. The van der Waals surface area contributed by atoms with Gasteiger partial charge in [0.25, 0.3) is 0 Å². The summed E-state index contributed by atoms with van der Waals surface area (Å²) in [5.74, 6) is 0.116. The minimum absolute atomic E-state index is 0.456. The predicted octanol–water partition coefficient (Wildman–Crippen LogP) is -0.246. The standard InChI is InChI=1S/C8H8N4O2/c1-12-7(11-14-8(12)13)4-6-2-3-9-10-5-6/h2-3,5H,4H2,1H3. The number of rotatable bonds is 2.